The molecule has 2 fully saturated rings. The molecule has 1 aliphatic carbocycles. The van der Waals surface area contributed by atoms with Crippen molar-refractivity contribution < 1.29 is 24.2 Å². The number of methoxy groups -OCH3 is 1. The molecule has 2 aliphatic rings. The molecule has 0 spiro atoms. The fourth-order valence-corrected chi connectivity index (χ4v) is 3.68. The van der Waals surface area contributed by atoms with Crippen molar-refractivity contribution in [2.24, 2.45) is 11.3 Å². The average molecular weight is 285 g/mol. The van der Waals surface area contributed by atoms with E-state index in [2.05, 4.69) is 19.2 Å². The second-order valence-electron chi connectivity index (χ2n) is 6.35. The van der Waals surface area contributed by atoms with E-state index in [1.165, 1.54) is 0 Å². The Kier molecular flexibility index (Phi) is 4.07. The highest BCUT2D eigenvalue weighted by Crippen LogP contribution is 2.47. The standard InChI is InChI=1S/C14H23NO5/c1-7-10(14(2,3)11(7)19-4)15-12(16)8-5-6-9(20-8)13(17)18/h7-11H,5-6H2,1-4H3,(H,15,16)(H,17,18)/t7?,8-,9+,10?,11?/m0/s1. The molecule has 0 radical (unpaired) electrons. The third-order valence-electron chi connectivity index (χ3n) is 4.68. The molecular formula is C14H23NO5. The molecule has 1 saturated heterocycles. The van der Waals surface area contributed by atoms with E-state index in [-0.39, 0.29) is 29.4 Å². The molecular weight excluding hydrogens is 262 g/mol. The third kappa shape index (κ3) is 2.42. The summed E-state index contributed by atoms with van der Waals surface area (Å²) in [4.78, 5) is 23.0. The second-order valence-corrected chi connectivity index (χ2v) is 6.35. The van der Waals surface area contributed by atoms with Gasteiger partial charge < -0.3 is 19.9 Å². The monoisotopic (exact) mass is 285 g/mol. The second kappa shape index (κ2) is 5.33. The predicted octanol–water partition coefficient (Wildman–Crippen LogP) is 0.794. The van der Waals surface area contributed by atoms with Crippen LogP contribution in [0.1, 0.15) is 33.6 Å². The molecule has 1 saturated carbocycles. The number of carbonyl (C=O) groups is 2. The highest BCUT2D eigenvalue weighted by atomic mass is 16.5. The Bertz CT molecular complexity index is 408. The van der Waals surface area contributed by atoms with Crippen molar-refractivity contribution in [3.63, 3.8) is 0 Å². The number of carboxylic acids is 1. The molecule has 3 unspecified atom stereocenters. The van der Waals surface area contributed by atoms with Crippen LogP contribution < -0.4 is 5.32 Å². The molecule has 2 rings (SSSR count). The molecule has 2 N–H and O–H groups in total. The molecule has 0 bridgehead atoms. The van der Waals surface area contributed by atoms with Gasteiger partial charge in [0.05, 0.1) is 6.10 Å². The summed E-state index contributed by atoms with van der Waals surface area (Å²) < 4.78 is 10.7. The lowest BCUT2D eigenvalue weighted by Crippen LogP contribution is -2.68. The van der Waals surface area contributed by atoms with Crippen LogP contribution >= 0.6 is 0 Å². The minimum atomic E-state index is -1.00. The SMILES string of the molecule is COC1C(C)C(NC(=O)[C@@H]2CC[C@H](C(=O)O)O2)C1(C)C. The summed E-state index contributed by atoms with van der Waals surface area (Å²) in [5.41, 5.74) is -0.130. The van der Waals surface area contributed by atoms with Gasteiger partial charge in [0.1, 0.15) is 6.10 Å². The van der Waals surface area contributed by atoms with Crippen LogP contribution in [0.4, 0.5) is 0 Å². The predicted molar refractivity (Wildman–Crippen MR) is 71.2 cm³/mol. The lowest BCUT2D eigenvalue weighted by molar-refractivity contribution is -0.162. The van der Waals surface area contributed by atoms with Crippen LogP contribution in [0.3, 0.4) is 0 Å². The first-order valence-electron chi connectivity index (χ1n) is 7.00. The van der Waals surface area contributed by atoms with E-state index in [4.69, 9.17) is 14.6 Å². The maximum absolute atomic E-state index is 12.2. The van der Waals surface area contributed by atoms with Crippen LogP contribution in [-0.2, 0) is 19.1 Å². The molecule has 6 heteroatoms. The zero-order chi connectivity index (χ0) is 15.1. The highest BCUT2D eigenvalue weighted by Gasteiger charge is 2.55. The van der Waals surface area contributed by atoms with Gasteiger partial charge in [0.2, 0.25) is 5.91 Å². The maximum Gasteiger partial charge on any atom is 0.332 e. The first-order valence-corrected chi connectivity index (χ1v) is 7.00. The Morgan fingerprint density at radius 2 is 1.90 bits per heavy atom. The molecule has 5 atom stereocenters. The molecule has 0 aromatic heterocycles. The molecule has 1 aliphatic heterocycles. The maximum atomic E-state index is 12.2. The van der Waals surface area contributed by atoms with Crippen LogP contribution in [0.15, 0.2) is 0 Å². The number of amides is 1. The minimum absolute atomic E-state index is 0.0208. The molecule has 1 heterocycles. The summed E-state index contributed by atoms with van der Waals surface area (Å²) in [5, 5.41) is 11.9. The quantitative estimate of drug-likeness (QED) is 0.798. The number of ether oxygens (including phenoxy) is 2. The van der Waals surface area contributed by atoms with Crippen molar-refractivity contribution in [2.45, 2.75) is 58.0 Å². The van der Waals surface area contributed by atoms with E-state index in [0.29, 0.717) is 12.8 Å². The molecule has 20 heavy (non-hydrogen) atoms. The third-order valence-corrected chi connectivity index (χ3v) is 4.68. The fraction of sp³-hybridized carbons (Fsp3) is 0.857. The number of carbonyl (C=O) groups excluding carboxylic acids is 1. The fourth-order valence-electron chi connectivity index (χ4n) is 3.68. The van der Waals surface area contributed by atoms with Gasteiger partial charge in [-0.3, -0.25) is 4.79 Å². The number of carboxylic acid groups (broad SMARTS) is 1. The van der Waals surface area contributed by atoms with Gasteiger partial charge in [-0.15, -0.1) is 0 Å². The van der Waals surface area contributed by atoms with Gasteiger partial charge in [-0.05, 0) is 12.8 Å². The molecule has 6 nitrogen and oxygen atoms in total. The van der Waals surface area contributed by atoms with Crippen LogP contribution in [0, 0.1) is 11.3 Å². The Hall–Kier alpha value is -1.14. The van der Waals surface area contributed by atoms with Crippen LogP contribution in [0.2, 0.25) is 0 Å². The largest absolute Gasteiger partial charge is 0.479 e. The van der Waals surface area contributed by atoms with Crippen molar-refractivity contribution in [1.29, 1.82) is 0 Å². The van der Waals surface area contributed by atoms with E-state index in [0.717, 1.165) is 0 Å². The zero-order valence-electron chi connectivity index (χ0n) is 12.4. The van der Waals surface area contributed by atoms with Gasteiger partial charge in [0, 0.05) is 24.5 Å². The molecule has 0 aromatic carbocycles. The van der Waals surface area contributed by atoms with Crippen LogP contribution in [0.5, 0.6) is 0 Å². The molecule has 114 valence electrons. The average Bonchev–Trinajstić information content (AvgIpc) is 2.85. The summed E-state index contributed by atoms with van der Waals surface area (Å²) in [5.74, 6) is -0.985. The van der Waals surface area contributed by atoms with E-state index in [1.54, 1.807) is 7.11 Å². The lowest BCUT2D eigenvalue weighted by Gasteiger charge is -2.56. The minimum Gasteiger partial charge on any atom is -0.479 e. The van der Waals surface area contributed by atoms with E-state index in [1.807, 2.05) is 6.92 Å². The number of hydrogen-bond donors (Lipinski definition) is 2. The van der Waals surface area contributed by atoms with Crippen LogP contribution in [-0.4, -0.2) is 48.4 Å². The van der Waals surface area contributed by atoms with E-state index in [9.17, 15) is 9.59 Å². The Labute approximate surface area is 118 Å². The van der Waals surface area contributed by atoms with Crippen molar-refractivity contribution in [3.05, 3.63) is 0 Å². The van der Waals surface area contributed by atoms with E-state index >= 15 is 0 Å². The first kappa shape index (κ1) is 15.3. The normalized spacial score (nSPS) is 39.1. The Morgan fingerprint density at radius 3 is 2.35 bits per heavy atom. The van der Waals surface area contributed by atoms with Gasteiger partial charge in [0.15, 0.2) is 6.10 Å². The zero-order valence-corrected chi connectivity index (χ0v) is 12.4. The van der Waals surface area contributed by atoms with Crippen molar-refractivity contribution >= 4 is 11.9 Å². The van der Waals surface area contributed by atoms with Crippen molar-refractivity contribution in [2.75, 3.05) is 7.11 Å². The molecule has 0 aromatic rings. The first-order chi connectivity index (χ1) is 9.28. The topological polar surface area (TPSA) is 84.9 Å². The van der Waals surface area contributed by atoms with Gasteiger partial charge in [-0.1, -0.05) is 20.8 Å². The van der Waals surface area contributed by atoms with Gasteiger partial charge in [0.25, 0.3) is 0 Å². The summed E-state index contributed by atoms with van der Waals surface area (Å²) >= 11 is 0. The number of hydrogen-bond acceptors (Lipinski definition) is 4. The van der Waals surface area contributed by atoms with Crippen LogP contribution in [0.25, 0.3) is 0 Å². The van der Waals surface area contributed by atoms with Crippen molar-refractivity contribution in [1.82, 2.24) is 5.32 Å². The number of nitrogens with one attached hydrogen (secondary N) is 1. The Morgan fingerprint density at radius 1 is 1.30 bits per heavy atom. The Balaban J connectivity index is 1.92. The summed E-state index contributed by atoms with van der Waals surface area (Å²) in [6.07, 6.45) is -0.551. The van der Waals surface area contributed by atoms with Crippen molar-refractivity contribution in [3.8, 4) is 0 Å². The highest BCUT2D eigenvalue weighted by molar-refractivity contribution is 5.83. The van der Waals surface area contributed by atoms with Gasteiger partial charge >= 0.3 is 5.97 Å². The summed E-state index contributed by atoms with van der Waals surface area (Å²) in [6, 6.07) is 0.0208. The number of rotatable bonds is 4. The number of aliphatic carboxylic acids is 1. The van der Waals surface area contributed by atoms with E-state index < -0.39 is 18.2 Å². The lowest BCUT2D eigenvalue weighted by atomic mass is 9.58. The smallest absolute Gasteiger partial charge is 0.332 e. The summed E-state index contributed by atoms with van der Waals surface area (Å²) in [7, 11) is 1.68. The van der Waals surface area contributed by atoms with Gasteiger partial charge in [-0.25, -0.2) is 4.79 Å². The molecule has 1 amide bonds. The summed E-state index contributed by atoms with van der Waals surface area (Å²) in [6.45, 7) is 6.16. The van der Waals surface area contributed by atoms with Gasteiger partial charge in [-0.2, -0.15) is 0 Å².